The zero-order valence-corrected chi connectivity index (χ0v) is 16.4. The van der Waals surface area contributed by atoms with E-state index in [1.807, 2.05) is 0 Å². The van der Waals surface area contributed by atoms with Gasteiger partial charge in [0.1, 0.15) is 12.0 Å². The molecule has 2 aromatic heterocycles. The van der Waals surface area contributed by atoms with Crippen LogP contribution in [0.25, 0.3) is 11.0 Å². The molecule has 1 aliphatic carbocycles. The largest absolute Gasteiger partial charge is 0.481 e. The van der Waals surface area contributed by atoms with Crippen LogP contribution >= 0.6 is 0 Å². The predicted octanol–water partition coefficient (Wildman–Crippen LogP) is 2.98. The number of methoxy groups -OCH3 is 2. The highest BCUT2D eigenvalue weighted by atomic mass is 19.1. The van der Waals surface area contributed by atoms with E-state index in [1.165, 1.54) is 19.1 Å². The normalized spacial score (nSPS) is 24.4. The van der Waals surface area contributed by atoms with Crippen LogP contribution < -0.4 is 4.74 Å². The Hall–Kier alpha value is -2.52. The highest BCUT2D eigenvalue weighted by Gasteiger charge is 2.50. The molecule has 5 rings (SSSR count). The Balaban J connectivity index is 1.72. The molecule has 1 N–H and O–H groups in total. The maximum atomic E-state index is 14.8. The number of fused-ring (bicyclic) bond motifs is 4. The van der Waals surface area contributed by atoms with E-state index >= 15 is 0 Å². The second-order valence-electron chi connectivity index (χ2n) is 7.59. The van der Waals surface area contributed by atoms with Crippen LogP contribution in [0.5, 0.6) is 5.88 Å². The van der Waals surface area contributed by atoms with E-state index < -0.39 is 23.7 Å². The lowest BCUT2D eigenvalue weighted by Gasteiger charge is -2.53. The highest BCUT2D eigenvalue weighted by Crippen LogP contribution is 2.42. The minimum atomic E-state index is -1.11. The molecule has 2 aromatic rings. The standard InChI is InChI=1S/C20H24FN3O5/c1-27-16-4-3-15-18(23-16)13(14(21)10-22-15)9-17(28-2)24(19(25)26)20-7-5-12(6-8-20)29-11-20/h3-4,10,12,17H,5-9,11H2,1-2H3,(H,25,26). The van der Waals surface area contributed by atoms with Crippen molar-refractivity contribution in [2.75, 3.05) is 20.8 Å². The van der Waals surface area contributed by atoms with E-state index in [1.54, 1.807) is 12.1 Å². The lowest BCUT2D eigenvalue weighted by Crippen LogP contribution is -2.64. The third-order valence-corrected chi connectivity index (χ3v) is 6.06. The maximum absolute atomic E-state index is 14.8. The number of hydrogen-bond donors (Lipinski definition) is 1. The Bertz CT molecular complexity index is 903. The summed E-state index contributed by atoms with van der Waals surface area (Å²) in [6, 6.07) is 3.33. The molecule has 156 valence electrons. The molecule has 4 heterocycles. The van der Waals surface area contributed by atoms with Crippen LogP contribution in [-0.2, 0) is 15.9 Å². The van der Waals surface area contributed by atoms with Crippen LogP contribution in [-0.4, -0.2) is 64.8 Å². The Morgan fingerprint density at radius 2 is 2.17 bits per heavy atom. The van der Waals surface area contributed by atoms with Gasteiger partial charge in [0.2, 0.25) is 5.88 Å². The van der Waals surface area contributed by atoms with Crippen molar-refractivity contribution < 1.29 is 28.5 Å². The van der Waals surface area contributed by atoms with Crippen LogP contribution in [0.3, 0.4) is 0 Å². The van der Waals surface area contributed by atoms with E-state index in [4.69, 9.17) is 14.2 Å². The summed E-state index contributed by atoms with van der Waals surface area (Å²) in [5.74, 6) is -0.237. The molecular formula is C20H24FN3O5. The molecule has 8 nitrogen and oxygen atoms in total. The van der Waals surface area contributed by atoms with Crippen molar-refractivity contribution in [3.8, 4) is 5.88 Å². The minimum absolute atomic E-state index is 0.000993. The van der Waals surface area contributed by atoms with Gasteiger partial charge in [0.15, 0.2) is 0 Å². The fourth-order valence-corrected chi connectivity index (χ4v) is 4.49. The summed E-state index contributed by atoms with van der Waals surface area (Å²) in [4.78, 5) is 22.0. The summed E-state index contributed by atoms with van der Waals surface area (Å²) in [5.41, 5.74) is 0.413. The zero-order valence-electron chi connectivity index (χ0n) is 16.4. The lowest BCUT2D eigenvalue weighted by molar-refractivity contribution is -0.167. The minimum Gasteiger partial charge on any atom is -0.481 e. The van der Waals surface area contributed by atoms with Crippen LogP contribution in [0, 0.1) is 5.82 Å². The number of ether oxygens (including phenoxy) is 3. The molecule has 0 radical (unpaired) electrons. The van der Waals surface area contributed by atoms with Crippen molar-refractivity contribution in [2.24, 2.45) is 0 Å². The summed E-state index contributed by atoms with van der Waals surface area (Å²) in [5, 5.41) is 10.0. The summed E-state index contributed by atoms with van der Waals surface area (Å²) >= 11 is 0. The van der Waals surface area contributed by atoms with Gasteiger partial charge in [-0.3, -0.25) is 9.88 Å². The fraction of sp³-hybridized carbons (Fsp3) is 0.550. The van der Waals surface area contributed by atoms with Gasteiger partial charge in [0, 0.05) is 25.2 Å². The molecule has 2 bridgehead atoms. The number of hydrogen-bond acceptors (Lipinski definition) is 6. The van der Waals surface area contributed by atoms with Gasteiger partial charge in [0.05, 0.1) is 42.6 Å². The number of halogens is 1. The first kappa shape index (κ1) is 19.8. The molecule has 1 saturated carbocycles. The van der Waals surface area contributed by atoms with Crippen molar-refractivity contribution in [2.45, 2.75) is 50.0 Å². The van der Waals surface area contributed by atoms with E-state index in [0.29, 0.717) is 36.4 Å². The molecule has 29 heavy (non-hydrogen) atoms. The number of carboxylic acid groups (broad SMARTS) is 1. The number of aromatic nitrogens is 2. The third-order valence-electron chi connectivity index (χ3n) is 6.06. The van der Waals surface area contributed by atoms with Crippen LogP contribution in [0.4, 0.5) is 9.18 Å². The third kappa shape index (κ3) is 3.49. The molecule has 9 heteroatoms. The van der Waals surface area contributed by atoms with E-state index in [9.17, 15) is 14.3 Å². The Morgan fingerprint density at radius 1 is 1.41 bits per heavy atom. The van der Waals surface area contributed by atoms with E-state index in [0.717, 1.165) is 19.0 Å². The predicted molar refractivity (Wildman–Crippen MR) is 101 cm³/mol. The SMILES string of the molecule is COc1ccc2ncc(F)c(CC(OC)N(C(=O)O)C34CCC(CC3)OC4)c2n1. The molecule has 0 aromatic carbocycles. The van der Waals surface area contributed by atoms with Crippen LogP contribution in [0.2, 0.25) is 0 Å². The fourth-order valence-electron chi connectivity index (χ4n) is 4.49. The lowest BCUT2D eigenvalue weighted by atomic mass is 9.76. The monoisotopic (exact) mass is 405 g/mol. The molecule has 2 aliphatic heterocycles. The van der Waals surface area contributed by atoms with Gasteiger partial charge in [-0.2, -0.15) is 0 Å². The number of pyridine rings is 2. The molecule has 0 spiro atoms. The number of carbonyl (C=O) groups is 1. The van der Waals surface area contributed by atoms with Crippen molar-refractivity contribution >= 4 is 17.1 Å². The molecular weight excluding hydrogens is 381 g/mol. The molecule has 3 aliphatic rings. The Morgan fingerprint density at radius 3 is 2.76 bits per heavy atom. The van der Waals surface area contributed by atoms with Gasteiger partial charge in [-0.05, 0) is 31.7 Å². The van der Waals surface area contributed by atoms with Crippen molar-refractivity contribution in [1.29, 1.82) is 0 Å². The first-order chi connectivity index (χ1) is 14.0. The second-order valence-corrected chi connectivity index (χ2v) is 7.59. The van der Waals surface area contributed by atoms with Gasteiger partial charge in [-0.1, -0.05) is 0 Å². The van der Waals surface area contributed by atoms with Crippen molar-refractivity contribution in [1.82, 2.24) is 14.9 Å². The quantitative estimate of drug-likeness (QED) is 0.739. The summed E-state index contributed by atoms with van der Waals surface area (Å²) in [7, 11) is 2.91. The first-order valence-electron chi connectivity index (χ1n) is 9.62. The average Bonchev–Trinajstić information content (AvgIpc) is 2.75. The molecule has 2 saturated heterocycles. The second kappa shape index (κ2) is 7.72. The number of rotatable bonds is 6. The van der Waals surface area contributed by atoms with E-state index in [-0.39, 0.29) is 18.1 Å². The van der Waals surface area contributed by atoms with Crippen molar-refractivity contribution in [3.63, 3.8) is 0 Å². The number of nitrogens with zero attached hydrogens (tertiary/aromatic N) is 3. The summed E-state index contributed by atoms with van der Waals surface area (Å²) in [6.07, 6.45) is 2.36. The zero-order chi connectivity index (χ0) is 20.6. The smallest absolute Gasteiger partial charge is 0.409 e. The molecule has 1 amide bonds. The Kier molecular flexibility index (Phi) is 5.26. The molecule has 1 atom stereocenters. The maximum Gasteiger partial charge on any atom is 0.409 e. The average molecular weight is 405 g/mol. The number of amides is 1. The van der Waals surface area contributed by atoms with Gasteiger partial charge < -0.3 is 19.3 Å². The molecule has 3 fully saturated rings. The summed E-state index contributed by atoms with van der Waals surface area (Å²) < 4.78 is 31.3. The Labute approximate surface area is 167 Å². The van der Waals surface area contributed by atoms with Crippen LogP contribution in [0.15, 0.2) is 18.3 Å². The van der Waals surface area contributed by atoms with Gasteiger partial charge in [-0.15, -0.1) is 0 Å². The van der Waals surface area contributed by atoms with Gasteiger partial charge >= 0.3 is 6.09 Å². The van der Waals surface area contributed by atoms with Gasteiger partial charge in [0.25, 0.3) is 0 Å². The summed E-state index contributed by atoms with van der Waals surface area (Å²) in [6.45, 7) is 0.329. The van der Waals surface area contributed by atoms with E-state index in [2.05, 4.69) is 9.97 Å². The van der Waals surface area contributed by atoms with Crippen LogP contribution in [0.1, 0.15) is 31.2 Å². The first-order valence-corrected chi connectivity index (χ1v) is 9.62. The van der Waals surface area contributed by atoms with Crippen molar-refractivity contribution in [3.05, 3.63) is 29.7 Å². The highest BCUT2D eigenvalue weighted by molar-refractivity contribution is 5.78. The molecule has 1 unspecified atom stereocenters. The topological polar surface area (TPSA) is 94.0 Å². The van der Waals surface area contributed by atoms with Gasteiger partial charge in [-0.25, -0.2) is 14.2 Å².